The Hall–Kier alpha value is -1.93. The maximum atomic E-state index is 11.8. The van der Waals surface area contributed by atoms with Crippen LogP contribution >= 0.6 is 11.6 Å². The van der Waals surface area contributed by atoms with Gasteiger partial charge in [-0.1, -0.05) is 29.8 Å². The number of rotatable bonds is 5. The number of aromatic nitrogens is 2. The largest absolute Gasteiger partial charge is 0.299 e. The molecule has 1 N–H and O–H groups in total. The minimum atomic E-state index is -3.49. The van der Waals surface area contributed by atoms with Crippen LogP contribution in [0.5, 0.6) is 0 Å². The molecule has 0 saturated heterocycles. The van der Waals surface area contributed by atoms with Crippen LogP contribution in [0.2, 0.25) is 5.02 Å². The molecule has 8 heteroatoms. The summed E-state index contributed by atoms with van der Waals surface area (Å²) < 4.78 is 29.1. The van der Waals surface area contributed by atoms with Crippen molar-refractivity contribution in [1.82, 2.24) is 18.6 Å². The zero-order valence-corrected chi connectivity index (χ0v) is 14.8. The Morgan fingerprint density at radius 2 is 1.96 bits per heavy atom. The number of hydrogen-bond donors (Lipinski definition) is 1. The number of nitrogens with zero attached hydrogens (tertiary/aromatic N) is 3. The van der Waals surface area contributed by atoms with Gasteiger partial charge >= 0.3 is 0 Å². The van der Waals surface area contributed by atoms with Gasteiger partial charge in [-0.05, 0) is 29.8 Å². The van der Waals surface area contributed by atoms with Crippen LogP contribution in [0.25, 0.3) is 16.7 Å². The van der Waals surface area contributed by atoms with E-state index in [9.17, 15) is 8.42 Å². The summed E-state index contributed by atoms with van der Waals surface area (Å²) in [5.74, 6) is 0. The number of para-hydroxylation sites is 2. The van der Waals surface area contributed by atoms with Crippen LogP contribution in [-0.4, -0.2) is 36.4 Å². The number of fused-ring (bicyclic) bond motifs is 1. The van der Waals surface area contributed by atoms with E-state index in [1.807, 2.05) is 41.0 Å². The smallest absolute Gasteiger partial charge is 0.279 e. The van der Waals surface area contributed by atoms with Gasteiger partial charge in [0.2, 0.25) is 0 Å². The lowest BCUT2D eigenvalue weighted by Crippen LogP contribution is -2.35. The van der Waals surface area contributed by atoms with Gasteiger partial charge in [0, 0.05) is 31.4 Å². The number of hydrogen-bond acceptors (Lipinski definition) is 3. The van der Waals surface area contributed by atoms with Crippen LogP contribution in [0.15, 0.2) is 48.8 Å². The van der Waals surface area contributed by atoms with Gasteiger partial charge in [0.15, 0.2) is 0 Å². The van der Waals surface area contributed by atoms with E-state index in [1.165, 1.54) is 14.1 Å². The van der Waals surface area contributed by atoms with E-state index >= 15 is 0 Å². The SMILES string of the molecule is CN(C)S(=O)(=O)NCc1ccc(-n2cnc3ccccc32)cc1Cl. The highest BCUT2D eigenvalue weighted by molar-refractivity contribution is 7.87. The van der Waals surface area contributed by atoms with Crippen LogP contribution < -0.4 is 4.72 Å². The first-order valence-corrected chi connectivity index (χ1v) is 9.08. The first kappa shape index (κ1) is 16.9. The molecule has 0 amide bonds. The summed E-state index contributed by atoms with van der Waals surface area (Å²) in [6.45, 7) is 0.129. The molecule has 126 valence electrons. The van der Waals surface area contributed by atoms with E-state index in [0.717, 1.165) is 21.0 Å². The van der Waals surface area contributed by atoms with Crippen molar-refractivity contribution >= 4 is 32.8 Å². The molecule has 2 aromatic carbocycles. The molecule has 3 aromatic rings. The Labute approximate surface area is 145 Å². The van der Waals surface area contributed by atoms with Gasteiger partial charge in [-0.3, -0.25) is 4.57 Å². The number of halogens is 1. The highest BCUT2D eigenvalue weighted by Gasteiger charge is 2.14. The second kappa shape index (κ2) is 6.52. The maximum Gasteiger partial charge on any atom is 0.279 e. The zero-order valence-electron chi connectivity index (χ0n) is 13.3. The summed E-state index contributed by atoms with van der Waals surface area (Å²) in [5, 5.41) is 0.492. The molecule has 24 heavy (non-hydrogen) atoms. The second-order valence-electron chi connectivity index (χ2n) is 5.49. The van der Waals surface area contributed by atoms with Crippen LogP contribution in [0.4, 0.5) is 0 Å². The van der Waals surface area contributed by atoms with Gasteiger partial charge < -0.3 is 0 Å². The molecule has 1 aromatic heterocycles. The molecule has 0 spiro atoms. The predicted octanol–water partition coefficient (Wildman–Crippen LogP) is 2.57. The van der Waals surface area contributed by atoms with Gasteiger partial charge in [-0.2, -0.15) is 17.4 Å². The van der Waals surface area contributed by atoms with Crippen molar-refractivity contribution < 1.29 is 8.42 Å². The Bertz CT molecular complexity index is 983. The zero-order chi connectivity index (χ0) is 17.3. The Morgan fingerprint density at radius 1 is 1.21 bits per heavy atom. The first-order valence-electron chi connectivity index (χ1n) is 7.26. The van der Waals surface area contributed by atoms with Gasteiger partial charge in [0.1, 0.15) is 6.33 Å². The van der Waals surface area contributed by atoms with Crippen LogP contribution in [0, 0.1) is 0 Å². The third-order valence-corrected chi connectivity index (χ3v) is 5.52. The van der Waals surface area contributed by atoms with Gasteiger partial charge in [-0.15, -0.1) is 0 Å². The van der Waals surface area contributed by atoms with E-state index in [-0.39, 0.29) is 6.54 Å². The van der Waals surface area contributed by atoms with Crippen molar-refractivity contribution in [3.8, 4) is 5.69 Å². The minimum Gasteiger partial charge on any atom is -0.299 e. The highest BCUT2D eigenvalue weighted by atomic mass is 35.5. The molecule has 0 aliphatic rings. The molecule has 0 atom stereocenters. The van der Waals surface area contributed by atoms with Crippen molar-refractivity contribution in [2.45, 2.75) is 6.54 Å². The quantitative estimate of drug-likeness (QED) is 0.756. The Morgan fingerprint density at radius 3 is 2.67 bits per heavy atom. The maximum absolute atomic E-state index is 11.8. The van der Waals surface area contributed by atoms with Crippen LogP contribution in [0.3, 0.4) is 0 Å². The molecule has 0 radical (unpaired) electrons. The molecular weight excluding hydrogens is 348 g/mol. The fraction of sp³-hybridized carbons (Fsp3) is 0.188. The van der Waals surface area contributed by atoms with E-state index in [0.29, 0.717) is 10.6 Å². The monoisotopic (exact) mass is 364 g/mol. The lowest BCUT2D eigenvalue weighted by molar-refractivity contribution is 0.505. The fourth-order valence-electron chi connectivity index (χ4n) is 2.29. The average molecular weight is 365 g/mol. The summed E-state index contributed by atoms with van der Waals surface area (Å²) in [7, 11) is -0.547. The molecule has 0 fully saturated rings. The molecular formula is C16H17ClN4O2S. The van der Waals surface area contributed by atoms with Crippen molar-refractivity contribution in [3.63, 3.8) is 0 Å². The van der Waals surface area contributed by atoms with Crippen molar-refractivity contribution in [1.29, 1.82) is 0 Å². The summed E-state index contributed by atoms with van der Waals surface area (Å²) >= 11 is 6.32. The van der Waals surface area contributed by atoms with Gasteiger partial charge in [-0.25, -0.2) is 4.98 Å². The Balaban J connectivity index is 1.88. The van der Waals surface area contributed by atoms with Crippen molar-refractivity contribution in [2.75, 3.05) is 14.1 Å². The number of imidazole rings is 1. The predicted molar refractivity (Wildman–Crippen MR) is 95.5 cm³/mol. The fourth-order valence-corrected chi connectivity index (χ4v) is 3.13. The van der Waals surface area contributed by atoms with Gasteiger partial charge in [0.25, 0.3) is 10.2 Å². The lowest BCUT2D eigenvalue weighted by atomic mass is 10.2. The second-order valence-corrected chi connectivity index (χ2v) is 7.86. The van der Waals surface area contributed by atoms with Gasteiger partial charge in [0.05, 0.1) is 11.0 Å². The number of benzene rings is 2. The minimum absolute atomic E-state index is 0.129. The normalized spacial score (nSPS) is 12.2. The first-order chi connectivity index (χ1) is 11.4. The Kier molecular flexibility index (Phi) is 4.60. The van der Waals surface area contributed by atoms with E-state index < -0.39 is 10.2 Å². The van der Waals surface area contributed by atoms with Crippen molar-refractivity contribution in [3.05, 3.63) is 59.4 Å². The summed E-state index contributed by atoms with van der Waals surface area (Å²) in [6, 6.07) is 13.3. The molecule has 1 heterocycles. The van der Waals surface area contributed by atoms with Crippen molar-refractivity contribution in [2.24, 2.45) is 0 Å². The molecule has 0 aliphatic heterocycles. The van der Waals surface area contributed by atoms with Crippen LogP contribution in [-0.2, 0) is 16.8 Å². The number of nitrogens with one attached hydrogen (secondary N) is 1. The molecule has 3 rings (SSSR count). The molecule has 6 nitrogen and oxygen atoms in total. The van der Waals surface area contributed by atoms with E-state index in [1.54, 1.807) is 12.4 Å². The highest BCUT2D eigenvalue weighted by Crippen LogP contribution is 2.23. The molecule has 0 bridgehead atoms. The summed E-state index contributed by atoms with van der Waals surface area (Å²) in [4.78, 5) is 4.36. The third kappa shape index (κ3) is 3.29. The standard InChI is InChI=1S/C16H17ClN4O2S/c1-20(2)24(22,23)19-10-12-7-8-13(9-14(12)17)21-11-18-15-5-3-4-6-16(15)21/h3-9,11,19H,10H2,1-2H3. The molecule has 0 saturated carbocycles. The van der Waals surface area contributed by atoms with E-state index in [2.05, 4.69) is 9.71 Å². The average Bonchev–Trinajstić information content (AvgIpc) is 2.97. The van der Waals surface area contributed by atoms with Crippen LogP contribution in [0.1, 0.15) is 5.56 Å². The molecule has 0 aliphatic carbocycles. The third-order valence-electron chi connectivity index (χ3n) is 3.69. The summed E-state index contributed by atoms with van der Waals surface area (Å²) in [6.07, 6.45) is 1.74. The topological polar surface area (TPSA) is 67.2 Å². The summed E-state index contributed by atoms with van der Waals surface area (Å²) in [5.41, 5.74) is 3.45. The lowest BCUT2D eigenvalue weighted by Gasteiger charge is -2.13. The van der Waals surface area contributed by atoms with E-state index in [4.69, 9.17) is 11.6 Å². The molecule has 0 unspecified atom stereocenters.